The number of carbonyl (C=O) groups excluding carboxylic acids is 2. The summed E-state index contributed by atoms with van der Waals surface area (Å²) in [5, 5.41) is 20.2. The van der Waals surface area contributed by atoms with Crippen LogP contribution in [-0.4, -0.2) is 50.4 Å². The summed E-state index contributed by atoms with van der Waals surface area (Å²) < 4.78 is 13.0. The highest BCUT2D eigenvalue weighted by molar-refractivity contribution is 6.07. The topological polar surface area (TPSA) is 135 Å². The summed E-state index contributed by atoms with van der Waals surface area (Å²) >= 11 is 0. The minimum atomic E-state index is -1.54. The summed E-state index contributed by atoms with van der Waals surface area (Å²) in [6.45, 7) is 0.367. The number of urea groups is 1. The fraction of sp³-hybridized carbons (Fsp3) is 0.250. The van der Waals surface area contributed by atoms with E-state index in [0.29, 0.717) is 34.7 Å². The van der Waals surface area contributed by atoms with Crippen molar-refractivity contribution in [3.8, 4) is 17.1 Å². The zero-order valence-corrected chi connectivity index (χ0v) is 19.0. The Morgan fingerprint density at radius 1 is 1.23 bits per heavy atom. The second kappa shape index (κ2) is 7.65. The smallest absolute Gasteiger partial charge is 0.322 e. The van der Waals surface area contributed by atoms with Crippen LogP contribution in [0, 0.1) is 0 Å². The molecule has 3 aromatic heterocycles. The second-order valence-corrected chi connectivity index (χ2v) is 8.69. The minimum Gasteiger partial charge on any atom is -0.497 e. The number of rotatable bonds is 5. The predicted octanol–water partition coefficient (Wildman–Crippen LogP) is 1.78. The van der Waals surface area contributed by atoms with Crippen molar-refractivity contribution in [3.63, 3.8) is 0 Å². The number of imide groups is 1. The Hall–Kier alpha value is -4.22. The quantitative estimate of drug-likeness (QED) is 0.373. The molecule has 5 heterocycles. The third-order valence-electron chi connectivity index (χ3n) is 6.61. The van der Waals surface area contributed by atoms with Gasteiger partial charge in [0.2, 0.25) is 0 Å². The first-order valence-electron chi connectivity index (χ1n) is 11.0. The lowest BCUT2D eigenvalue weighted by Gasteiger charge is -2.30. The van der Waals surface area contributed by atoms with Gasteiger partial charge in [0.15, 0.2) is 11.1 Å². The van der Waals surface area contributed by atoms with Crippen LogP contribution in [0.3, 0.4) is 0 Å². The van der Waals surface area contributed by atoms with Crippen LogP contribution in [0.2, 0.25) is 0 Å². The van der Waals surface area contributed by atoms with E-state index in [1.165, 1.54) is 0 Å². The van der Waals surface area contributed by atoms with Crippen LogP contribution in [0.15, 0.2) is 53.1 Å². The average Bonchev–Trinajstić information content (AvgIpc) is 3.60. The summed E-state index contributed by atoms with van der Waals surface area (Å²) in [4.78, 5) is 31.8. The fourth-order valence-corrected chi connectivity index (χ4v) is 4.79. The molecular formula is C24H22N6O5. The van der Waals surface area contributed by atoms with E-state index in [1.54, 1.807) is 47.2 Å². The van der Waals surface area contributed by atoms with Crippen molar-refractivity contribution >= 4 is 23.0 Å². The normalized spacial score (nSPS) is 21.9. The molecule has 1 aromatic carbocycles. The SMILES string of the molecule is COc1ccc2c(c1)C(O)N(CC1(c3cc4nc(-c5ccnn5C)ccc4o3)NC(=O)NC1=O)C2. The maximum Gasteiger partial charge on any atom is 0.322 e. The molecule has 4 aromatic rings. The first-order valence-corrected chi connectivity index (χ1v) is 11.0. The minimum absolute atomic E-state index is 0.0167. The summed E-state index contributed by atoms with van der Waals surface area (Å²) in [5.41, 5.74) is 2.57. The van der Waals surface area contributed by atoms with E-state index >= 15 is 0 Å². The highest BCUT2D eigenvalue weighted by atomic mass is 16.5. The Labute approximate surface area is 199 Å². The Kier molecular flexibility index (Phi) is 4.66. The molecule has 178 valence electrons. The number of aliphatic hydroxyl groups excluding tert-OH is 1. The molecule has 0 bridgehead atoms. The molecule has 2 unspecified atom stereocenters. The van der Waals surface area contributed by atoms with Gasteiger partial charge in [-0.05, 0) is 35.9 Å². The van der Waals surface area contributed by atoms with E-state index < -0.39 is 23.7 Å². The van der Waals surface area contributed by atoms with Crippen molar-refractivity contribution in [2.45, 2.75) is 18.3 Å². The largest absolute Gasteiger partial charge is 0.497 e. The molecule has 1 saturated heterocycles. The molecular weight excluding hydrogens is 452 g/mol. The number of hydrogen-bond donors (Lipinski definition) is 3. The Morgan fingerprint density at radius 3 is 2.80 bits per heavy atom. The fourth-order valence-electron chi connectivity index (χ4n) is 4.79. The summed E-state index contributed by atoms with van der Waals surface area (Å²) in [6, 6.07) is 11.9. The molecule has 3 amide bonds. The molecule has 2 aliphatic heterocycles. The van der Waals surface area contributed by atoms with Crippen LogP contribution in [0.25, 0.3) is 22.5 Å². The zero-order valence-electron chi connectivity index (χ0n) is 19.0. The number of aliphatic hydroxyl groups is 1. The number of aryl methyl sites for hydroxylation is 1. The number of carbonyl (C=O) groups is 2. The third kappa shape index (κ3) is 3.27. The molecule has 0 aliphatic carbocycles. The third-order valence-corrected chi connectivity index (χ3v) is 6.61. The van der Waals surface area contributed by atoms with Crippen molar-refractivity contribution < 1.29 is 23.8 Å². The first-order chi connectivity index (χ1) is 16.9. The molecule has 0 radical (unpaired) electrons. The molecule has 3 N–H and O–H groups in total. The van der Waals surface area contributed by atoms with Gasteiger partial charge in [-0.15, -0.1) is 0 Å². The lowest BCUT2D eigenvalue weighted by atomic mass is 9.95. The molecule has 11 heteroatoms. The number of ether oxygens (including phenoxy) is 1. The highest BCUT2D eigenvalue weighted by Gasteiger charge is 2.53. The number of fused-ring (bicyclic) bond motifs is 2. The number of nitrogens with one attached hydrogen (secondary N) is 2. The maximum absolute atomic E-state index is 13.1. The maximum atomic E-state index is 13.1. The summed E-state index contributed by atoms with van der Waals surface area (Å²) in [5.74, 6) is 0.291. The molecule has 35 heavy (non-hydrogen) atoms. The Bertz CT molecular complexity index is 1490. The van der Waals surface area contributed by atoms with Gasteiger partial charge >= 0.3 is 6.03 Å². The standard InChI is InChI=1S/C24H22N6O5/c1-29-18(7-8-25-29)16-5-6-19-17(26-16)10-20(35-19)24(22(32)27-23(33)28-24)12-30-11-13-3-4-14(34-2)9-15(13)21(30)31/h3-10,21,31H,11-12H2,1-2H3,(H2,27,28,32,33). The summed E-state index contributed by atoms with van der Waals surface area (Å²) in [7, 11) is 3.38. The van der Waals surface area contributed by atoms with Crippen LogP contribution >= 0.6 is 0 Å². The van der Waals surface area contributed by atoms with Gasteiger partial charge in [0.05, 0.1) is 18.5 Å². The number of benzene rings is 1. The van der Waals surface area contributed by atoms with Gasteiger partial charge in [-0.2, -0.15) is 5.10 Å². The molecule has 2 atom stereocenters. The first kappa shape index (κ1) is 21.3. The molecule has 6 rings (SSSR count). The van der Waals surface area contributed by atoms with E-state index in [-0.39, 0.29) is 12.3 Å². The van der Waals surface area contributed by atoms with Gasteiger partial charge in [-0.3, -0.25) is 19.7 Å². The number of pyridine rings is 1. The van der Waals surface area contributed by atoms with E-state index in [1.807, 2.05) is 25.2 Å². The number of amides is 3. The Morgan fingerprint density at radius 2 is 2.09 bits per heavy atom. The van der Waals surface area contributed by atoms with Crippen LogP contribution in [0.4, 0.5) is 4.79 Å². The van der Waals surface area contributed by atoms with Gasteiger partial charge < -0.3 is 19.6 Å². The van der Waals surface area contributed by atoms with E-state index in [0.717, 1.165) is 11.3 Å². The van der Waals surface area contributed by atoms with Crippen molar-refractivity contribution in [2.24, 2.45) is 7.05 Å². The number of hydrogen-bond acceptors (Lipinski definition) is 8. The average molecular weight is 474 g/mol. The molecule has 1 fully saturated rings. The van der Waals surface area contributed by atoms with Gasteiger partial charge in [-0.25, -0.2) is 9.78 Å². The molecule has 11 nitrogen and oxygen atoms in total. The van der Waals surface area contributed by atoms with E-state index in [2.05, 4.69) is 20.7 Å². The van der Waals surface area contributed by atoms with Crippen molar-refractivity contribution in [2.75, 3.05) is 13.7 Å². The van der Waals surface area contributed by atoms with Crippen LogP contribution in [-0.2, 0) is 23.9 Å². The van der Waals surface area contributed by atoms with Crippen LogP contribution < -0.4 is 15.4 Å². The molecule has 2 aliphatic rings. The summed E-state index contributed by atoms with van der Waals surface area (Å²) in [6.07, 6.45) is 0.700. The van der Waals surface area contributed by atoms with Crippen LogP contribution in [0.1, 0.15) is 23.1 Å². The van der Waals surface area contributed by atoms with Gasteiger partial charge in [0, 0.05) is 38.0 Å². The number of aromatic nitrogens is 3. The van der Waals surface area contributed by atoms with E-state index in [9.17, 15) is 14.7 Å². The van der Waals surface area contributed by atoms with Gasteiger partial charge in [-0.1, -0.05) is 6.07 Å². The number of furan rings is 1. The van der Waals surface area contributed by atoms with Crippen molar-refractivity contribution in [3.05, 3.63) is 65.5 Å². The second-order valence-electron chi connectivity index (χ2n) is 8.69. The van der Waals surface area contributed by atoms with E-state index in [4.69, 9.17) is 9.15 Å². The lowest BCUT2D eigenvalue weighted by molar-refractivity contribution is -0.127. The molecule has 0 spiro atoms. The molecule has 0 saturated carbocycles. The van der Waals surface area contributed by atoms with Gasteiger partial charge in [0.1, 0.15) is 23.3 Å². The lowest BCUT2D eigenvalue weighted by Crippen LogP contribution is -2.52. The van der Waals surface area contributed by atoms with Crippen LogP contribution in [0.5, 0.6) is 5.75 Å². The zero-order chi connectivity index (χ0) is 24.3. The predicted molar refractivity (Wildman–Crippen MR) is 123 cm³/mol. The Balaban J connectivity index is 1.38. The number of methoxy groups -OCH3 is 1. The van der Waals surface area contributed by atoms with Gasteiger partial charge in [0.25, 0.3) is 5.91 Å². The van der Waals surface area contributed by atoms with Crippen molar-refractivity contribution in [1.29, 1.82) is 0 Å². The monoisotopic (exact) mass is 474 g/mol. The number of nitrogens with zero attached hydrogens (tertiary/aromatic N) is 4. The van der Waals surface area contributed by atoms with Crippen molar-refractivity contribution in [1.82, 2.24) is 30.3 Å². The highest BCUT2D eigenvalue weighted by Crippen LogP contribution is 2.39.